The number of pyridine rings is 1. The van der Waals surface area contributed by atoms with Crippen molar-refractivity contribution >= 4 is 16.8 Å². The first-order valence-corrected chi connectivity index (χ1v) is 11.2. The average Bonchev–Trinajstić information content (AvgIpc) is 3.48. The molecule has 166 valence electrons. The lowest BCUT2D eigenvalue weighted by atomic mass is 9.90. The molecule has 7 heteroatoms. The van der Waals surface area contributed by atoms with Crippen molar-refractivity contribution in [1.29, 1.82) is 0 Å². The van der Waals surface area contributed by atoms with E-state index < -0.39 is 0 Å². The SMILES string of the molecule is O=C(NCCc1ccccn1)[C@@H]1Cc2c([nH]c3ccccc23)[C@@H](c2ccc3c(c2)OCO3)N1. The number of rotatable bonds is 5. The van der Waals surface area contributed by atoms with E-state index in [0.717, 1.165) is 39.4 Å². The van der Waals surface area contributed by atoms with Crippen LogP contribution in [0.1, 0.15) is 28.6 Å². The largest absolute Gasteiger partial charge is 0.454 e. The Balaban J connectivity index is 1.29. The van der Waals surface area contributed by atoms with E-state index in [-0.39, 0.29) is 24.8 Å². The molecule has 0 fully saturated rings. The number of carbonyl (C=O) groups is 1. The number of amides is 1. The van der Waals surface area contributed by atoms with Crippen LogP contribution in [0.4, 0.5) is 0 Å². The summed E-state index contributed by atoms with van der Waals surface area (Å²) in [4.78, 5) is 21.1. The Morgan fingerprint density at radius 2 is 1.94 bits per heavy atom. The maximum atomic E-state index is 13.2. The molecule has 6 rings (SSSR count). The van der Waals surface area contributed by atoms with Crippen molar-refractivity contribution in [2.75, 3.05) is 13.3 Å². The van der Waals surface area contributed by atoms with Gasteiger partial charge in [0.15, 0.2) is 11.5 Å². The number of para-hydroxylation sites is 1. The maximum Gasteiger partial charge on any atom is 0.237 e. The third kappa shape index (κ3) is 3.70. The summed E-state index contributed by atoms with van der Waals surface area (Å²) in [6.45, 7) is 0.777. The molecule has 0 saturated heterocycles. The number of nitrogens with one attached hydrogen (secondary N) is 3. The van der Waals surface area contributed by atoms with Crippen LogP contribution < -0.4 is 20.1 Å². The van der Waals surface area contributed by atoms with Crippen LogP contribution in [0.3, 0.4) is 0 Å². The van der Waals surface area contributed by atoms with E-state index in [4.69, 9.17) is 9.47 Å². The normalized spacial score (nSPS) is 18.8. The number of H-pyrrole nitrogens is 1. The van der Waals surface area contributed by atoms with Crippen LogP contribution in [0.2, 0.25) is 0 Å². The van der Waals surface area contributed by atoms with Crippen molar-refractivity contribution < 1.29 is 14.3 Å². The van der Waals surface area contributed by atoms with E-state index in [1.165, 1.54) is 5.56 Å². The minimum atomic E-state index is -0.351. The summed E-state index contributed by atoms with van der Waals surface area (Å²) in [6, 6.07) is 19.5. The molecule has 1 amide bonds. The molecule has 0 bridgehead atoms. The van der Waals surface area contributed by atoms with Gasteiger partial charge in [0, 0.05) is 41.5 Å². The molecule has 2 atom stereocenters. The fourth-order valence-corrected chi connectivity index (χ4v) is 4.74. The zero-order chi connectivity index (χ0) is 22.2. The summed E-state index contributed by atoms with van der Waals surface area (Å²) < 4.78 is 11.1. The zero-order valence-corrected chi connectivity index (χ0v) is 18.0. The average molecular weight is 441 g/mol. The van der Waals surface area contributed by atoms with Gasteiger partial charge < -0.3 is 19.8 Å². The van der Waals surface area contributed by atoms with Gasteiger partial charge in [-0.05, 0) is 47.9 Å². The number of hydrogen-bond acceptors (Lipinski definition) is 5. The Morgan fingerprint density at radius 3 is 2.85 bits per heavy atom. The molecule has 0 aliphatic carbocycles. The number of aromatic amines is 1. The van der Waals surface area contributed by atoms with Gasteiger partial charge in [-0.25, -0.2) is 0 Å². The van der Waals surface area contributed by atoms with Crippen LogP contribution in [-0.2, 0) is 17.6 Å². The van der Waals surface area contributed by atoms with Crippen molar-refractivity contribution in [3.05, 3.63) is 89.4 Å². The molecule has 2 aliphatic heterocycles. The van der Waals surface area contributed by atoms with Gasteiger partial charge in [0.25, 0.3) is 0 Å². The molecule has 3 N–H and O–H groups in total. The predicted molar refractivity (Wildman–Crippen MR) is 124 cm³/mol. The Labute approximate surface area is 191 Å². The van der Waals surface area contributed by atoms with E-state index in [9.17, 15) is 4.79 Å². The number of hydrogen-bond donors (Lipinski definition) is 3. The Morgan fingerprint density at radius 1 is 1.06 bits per heavy atom. The van der Waals surface area contributed by atoms with Crippen molar-refractivity contribution in [2.24, 2.45) is 0 Å². The van der Waals surface area contributed by atoms with Crippen molar-refractivity contribution in [2.45, 2.75) is 24.9 Å². The Hall–Kier alpha value is -3.84. The molecule has 2 aromatic heterocycles. The van der Waals surface area contributed by atoms with Crippen LogP contribution in [-0.4, -0.2) is 35.3 Å². The van der Waals surface area contributed by atoms with Crippen LogP contribution in [0.15, 0.2) is 66.9 Å². The van der Waals surface area contributed by atoms with Crippen LogP contribution in [0.25, 0.3) is 10.9 Å². The van der Waals surface area contributed by atoms with Gasteiger partial charge in [0.05, 0.1) is 12.1 Å². The summed E-state index contributed by atoms with van der Waals surface area (Å²) in [5, 5.41) is 7.82. The third-order valence-electron chi connectivity index (χ3n) is 6.36. The number of ether oxygens (including phenoxy) is 2. The van der Waals surface area contributed by atoms with Crippen LogP contribution >= 0.6 is 0 Å². The highest BCUT2D eigenvalue weighted by atomic mass is 16.7. The first kappa shape index (κ1) is 19.8. The van der Waals surface area contributed by atoms with Gasteiger partial charge >= 0.3 is 0 Å². The minimum Gasteiger partial charge on any atom is -0.454 e. The molecule has 0 saturated carbocycles. The first-order valence-electron chi connectivity index (χ1n) is 11.2. The second kappa shape index (κ2) is 8.26. The number of fused-ring (bicyclic) bond motifs is 4. The quantitative estimate of drug-likeness (QED) is 0.443. The predicted octanol–water partition coefficient (Wildman–Crippen LogP) is 3.25. The molecule has 4 aromatic rings. The van der Waals surface area contributed by atoms with Crippen molar-refractivity contribution in [1.82, 2.24) is 20.6 Å². The molecule has 4 heterocycles. The minimum absolute atomic E-state index is 0.00685. The van der Waals surface area contributed by atoms with Gasteiger partial charge in [-0.1, -0.05) is 30.3 Å². The van der Waals surface area contributed by atoms with E-state index in [2.05, 4.69) is 32.7 Å². The molecular formula is C26H24N4O3. The van der Waals surface area contributed by atoms with Crippen molar-refractivity contribution in [3.63, 3.8) is 0 Å². The van der Waals surface area contributed by atoms with E-state index in [1.54, 1.807) is 6.20 Å². The van der Waals surface area contributed by atoms with Crippen LogP contribution in [0, 0.1) is 0 Å². The summed E-state index contributed by atoms with van der Waals surface area (Å²) in [6.07, 6.45) is 3.09. The van der Waals surface area contributed by atoms with Gasteiger partial charge in [0.2, 0.25) is 12.7 Å². The molecule has 2 aliphatic rings. The third-order valence-corrected chi connectivity index (χ3v) is 6.36. The second-order valence-electron chi connectivity index (χ2n) is 8.39. The number of carbonyl (C=O) groups excluding carboxylic acids is 1. The van der Waals surface area contributed by atoms with Gasteiger partial charge in [-0.3, -0.25) is 15.1 Å². The molecule has 2 aromatic carbocycles. The summed E-state index contributed by atoms with van der Waals surface area (Å²) >= 11 is 0. The Kier molecular flexibility index (Phi) is 4.96. The summed E-state index contributed by atoms with van der Waals surface area (Å²) in [5.74, 6) is 1.47. The van der Waals surface area contributed by atoms with Gasteiger partial charge in [-0.15, -0.1) is 0 Å². The highest BCUT2D eigenvalue weighted by Gasteiger charge is 2.34. The zero-order valence-electron chi connectivity index (χ0n) is 18.0. The maximum absolute atomic E-state index is 13.2. The lowest BCUT2D eigenvalue weighted by Gasteiger charge is -2.31. The molecule has 0 unspecified atom stereocenters. The lowest BCUT2D eigenvalue weighted by Crippen LogP contribution is -2.50. The number of benzene rings is 2. The van der Waals surface area contributed by atoms with E-state index in [0.29, 0.717) is 19.4 Å². The summed E-state index contributed by atoms with van der Waals surface area (Å²) in [5.41, 5.74) is 5.33. The highest BCUT2D eigenvalue weighted by molar-refractivity contribution is 5.88. The number of nitrogens with zero attached hydrogens (tertiary/aromatic N) is 1. The van der Waals surface area contributed by atoms with Crippen LogP contribution in [0.5, 0.6) is 11.5 Å². The lowest BCUT2D eigenvalue weighted by molar-refractivity contribution is -0.123. The van der Waals surface area contributed by atoms with E-state index in [1.807, 2.05) is 48.5 Å². The smallest absolute Gasteiger partial charge is 0.237 e. The second-order valence-corrected chi connectivity index (χ2v) is 8.39. The first-order chi connectivity index (χ1) is 16.3. The van der Waals surface area contributed by atoms with E-state index >= 15 is 0 Å². The van der Waals surface area contributed by atoms with Gasteiger partial charge in [0.1, 0.15) is 0 Å². The standard InChI is InChI=1S/C26H24N4O3/c31-26(28-12-10-17-5-3-4-11-27-17)21-14-19-18-6-1-2-7-20(18)29-25(19)24(30-21)16-8-9-22-23(13-16)33-15-32-22/h1-9,11,13,21,24,29-30H,10,12,14-15H2,(H,28,31)/t21-,24+/m0/s1. The Bertz CT molecular complexity index is 1320. The topological polar surface area (TPSA) is 88.3 Å². The summed E-state index contributed by atoms with van der Waals surface area (Å²) in [7, 11) is 0. The monoisotopic (exact) mass is 440 g/mol. The molecule has 0 radical (unpaired) electrons. The highest BCUT2D eigenvalue weighted by Crippen LogP contribution is 2.39. The van der Waals surface area contributed by atoms with Gasteiger partial charge in [-0.2, -0.15) is 0 Å². The molecule has 7 nitrogen and oxygen atoms in total. The fourth-order valence-electron chi connectivity index (χ4n) is 4.74. The fraction of sp³-hybridized carbons (Fsp3) is 0.231. The molecule has 33 heavy (non-hydrogen) atoms. The molecule has 0 spiro atoms. The number of aromatic nitrogens is 2. The molecular weight excluding hydrogens is 416 g/mol. The van der Waals surface area contributed by atoms with Crippen molar-refractivity contribution in [3.8, 4) is 11.5 Å².